The highest BCUT2D eigenvalue weighted by Gasteiger charge is 2.01. The molecule has 0 aromatic heterocycles. The fourth-order valence-corrected chi connectivity index (χ4v) is 1.12. The van der Waals surface area contributed by atoms with Crippen LogP contribution in [-0.4, -0.2) is 26.7 Å². The van der Waals surface area contributed by atoms with E-state index in [1.54, 1.807) is 7.05 Å². The maximum atomic E-state index is 10.4. The third-order valence-electron chi connectivity index (χ3n) is 1.59. The summed E-state index contributed by atoms with van der Waals surface area (Å²) in [5, 5.41) is 0. The zero-order chi connectivity index (χ0) is 8.69. The fourth-order valence-electron chi connectivity index (χ4n) is 0.839. The molecule has 0 radical (unpaired) electrons. The van der Waals surface area contributed by atoms with Gasteiger partial charge in [-0.1, -0.05) is 26.2 Å². The van der Waals surface area contributed by atoms with Crippen molar-refractivity contribution in [3.63, 3.8) is 0 Å². The van der Waals surface area contributed by atoms with Crippen LogP contribution >= 0.6 is 0 Å². The first-order chi connectivity index (χ1) is 5.18. The molecule has 4 heteroatoms. The summed E-state index contributed by atoms with van der Waals surface area (Å²) in [6.07, 6.45) is 4.58. The van der Waals surface area contributed by atoms with Gasteiger partial charge in [-0.2, -0.15) is 0 Å². The molecule has 68 valence electrons. The van der Waals surface area contributed by atoms with Crippen molar-refractivity contribution < 1.29 is 8.76 Å². The molecule has 11 heavy (non-hydrogen) atoms. The van der Waals surface area contributed by atoms with Gasteiger partial charge in [0.2, 0.25) is 11.3 Å². The topological polar surface area (TPSA) is 40.5 Å². The summed E-state index contributed by atoms with van der Waals surface area (Å²) in [5.41, 5.74) is 0. The number of hydrogen-bond acceptors (Lipinski definition) is 1. The van der Waals surface area contributed by atoms with Crippen molar-refractivity contribution in [1.29, 1.82) is 0 Å². The van der Waals surface area contributed by atoms with Gasteiger partial charge in [0.1, 0.15) is 0 Å². The molecule has 0 fully saturated rings. The Balaban J connectivity index is 3.17. The van der Waals surface area contributed by atoms with E-state index in [-0.39, 0.29) is 0 Å². The fraction of sp³-hybridized carbons (Fsp3) is 1.00. The minimum Gasteiger partial charge on any atom is -0.294 e. The molecule has 0 bridgehead atoms. The number of nitrogens with zero attached hydrogens (tertiary/aromatic N) is 1. The Morgan fingerprint density at radius 2 is 2.00 bits per heavy atom. The van der Waals surface area contributed by atoms with Gasteiger partial charge in [-0.3, -0.25) is 4.55 Å². The first-order valence-corrected chi connectivity index (χ1v) is 5.07. The third kappa shape index (κ3) is 6.47. The SMILES string of the molecule is CCCCCCN(C)S(=O)O. The Bertz CT molecular complexity index is 119. The highest BCUT2D eigenvalue weighted by Crippen LogP contribution is 2.00. The van der Waals surface area contributed by atoms with Gasteiger partial charge in [-0.05, 0) is 6.42 Å². The summed E-state index contributed by atoms with van der Waals surface area (Å²) in [6, 6.07) is 0. The van der Waals surface area contributed by atoms with Crippen molar-refractivity contribution in [2.45, 2.75) is 32.6 Å². The molecule has 0 aliphatic carbocycles. The van der Waals surface area contributed by atoms with Crippen molar-refractivity contribution >= 4 is 11.3 Å². The van der Waals surface area contributed by atoms with E-state index in [2.05, 4.69) is 6.92 Å². The molecule has 1 unspecified atom stereocenters. The van der Waals surface area contributed by atoms with E-state index in [4.69, 9.17) is 4.55 Å². The van der Waals surface area contributed by atoms with E-state index in [0.717, 1.165) is 12.8 Å². The average Bonchev–Trinajstić information content (AvgIpc) is 1.97. The third-order valence-corrected chi connectivity index (χ3v) is 2.31. The van der Waals surface area contributed by atoms with E-state index in [0.29, 0.717) is 6.54 Å². The molecule has 1 atom stereocenters. The maximum Gasteiger partial charge on any atom is 0.234 e. The normalized spacial score (nSPS) is 13.8. The number of rotatable bonds is 6. The van der Waals surface area contributed by atoms with Crippen molar-refractivity contribution in [2.75, 3.05) is 13.6 Å². The van der Waals surface area contributed by atoms with Gasteiger partial charge in [0.05, 0.1) is 0 Å². The lowest BCUT2D eigenvalue weighted by Crippen LogP contribution is -2.21. The van der Waals surface area contributed by atoms with Crippen molar-refractivity contribution in [1.82, 2.24) is 4.31 Å². The van der Waals surface area contributed by atoms with E-state index in [1.807, 2.05) is 0 Å². The summed E-state index contributed by atoms with van der Waals surface area (Å²) in [7, 11) is 1.65. The van der Waals surface area contributed by atoms with Crippen LogP contribution in [0.25, 0.3) is 0 Å². The Morgan fingerprint density at radius 3 is 2.45 bits per heavy atom. The van der Waals surface area contributed by atoms with Gasteiger partial charge in [-0.15, -0.1) is 0 Å². The Kier molecular flexibility index (Phi) is 6.80. The predicted octanol–water partition coefficient (Wildman–Crippen LogP) is 1.64. The van der Waals surface area contributed by atoms with Gasteiger partial charge in [-0.25, -0.2) is 8.51 Å². The van der Waals surface area contributed by atoms with Crippen LogP contribution in [0.4, 0.5) is 0 Å². The van der Waals surface area contributed by atoms with Gasteiger partial charge in [0.25, 0.3) is 0 Å². The van der Waals surface area contributed by atoms with E-state index < -0.39 is 11.3 Å². The summed E-state index contributed by atoms with van der Waals surface area (Å²) >= 11 is -1.78. The van der Waals surface area contributed by atoms with Gasteiger partial charge < -0.3 is 0 Å². The summed E-state index contributed by atoms with van der Waals surface area (Å²) < 4.78 is 20.4. The lowest BCUT2D eigenvalue weighted by Gasteiger charge is -2.09. The Morgan fingerprint density at radius 1 is 1.36 bits per heavy atom. The highest BCUT2D eigenvalue weighted by atomic mass is 32.2. The van der Waals surface area contributed by atoms with Crippen LogP contribution in [0.3, 0.4) is 0 Å². The minimum atomic E-state index is -1.78. The second-order valence-corrected chi connectivity index (χ2v) is 3.73. The molecule has 0 aromatic carbocycles. The first kappa shape index (κ1) is 11.1. The average molecular weight is 179 g/mol. The molecule has 0 spiro atoms. The molecule has 3 nitrogen and oxygen atoms in total. The van der Waals surface area contributed by atoms with E-state index in [1.165, 1.54) is 17.1 Å². The molecule has 0 heterocycles. The summed E-state index contributed by atoms with van der Waals surface area (Å²) in [5.74, 6) is 0. The Hall–Kier alpha value is 0.0700. The summed E-state index contributed by atoms with van der Waals surface area (Å²) in [6.45, 7) is 2.86. The van der Waals surface area contributed by atoms with Gasteiger partial charge in [0, 0.05) is 13.6 Å². The van der Waals surface area contributed by atoms with Crippen molar-refractivity contribution in [2.24, 2.45) is 0 Å². The van der Waals surface area contributed by atoms with E-state index >= 15 is 0 Å². The quantitative estimate of drug-likeness (QED) is 0.497. The lowest BCUT2D eigenvalue weighted by molar-refractivity contribution is 0.434. The van der Waals surface area contributed by atoms with Crippen molar-refractivity contribution in [3.05, 3.63) is 0 Å². The van der Waals surface area contributed by atoms with Crippen LogP contribution in [0.15, 0.2) is 0 Å². The molecule has 0 aromatic rings. The standard InChI is InChI=1S/C7H17NO2S/c1-3-4-5-6-7-8(2)11(9)10/h3-7H2,1-2H3,(H,9,10). The largest absolute Gasteiger partial charge is 0.294 e. The Labute approximate surface area is 71.2 Å². The minimum absolute atomic E-state index is 0.711. The maximum absolute atomic E-state index is 10.4. The van der Waals surface area contributed by atoms with E-state index in [9.17, 15) is 4.21 Å². The smallest absolute Gasteiger partial charge is 0.234 e. The number of unbranched alkanes of at least 4 members (excludes halogenated alkanes) is 3. The molecule has 0 aliphatic heterocycles. The molecule has 1 N–H and O–H groups in total. The van der Waals surface area contributed by atoms with Crippen LogP contribution in [0.2, 0.25) is 0 Å². The van der Waals surface area contributed by atoms with Gasteiger partial charge in [0.15, 0.2) is 0 Å². The monoisotopic (exact) mass is 179 g/mol. The zero-order valence-electron chi connectivity index (χ0n) is 7.25. The lowest BCUT2D eigenvalue weighted by atomic mass is 10.2. The van der Waals surface area contributed by atoms with Crippen LogP contribution in [0.1, 0.15) is 32.6 Å². The molecule has 0 rings (SSSR count). The molecule has 0 saturated heterocycles. The van der Waals surface area contributed by atoms with Crippen LogP contribution in [0.5, 0.6) is 0 Å². The molecule has 0 aliphatic rings. The molecular formula is C7H17NO2S. The number of hydrogen-bond donors (Lipinski definition) is 1. The van der Waals surface area contributed by atoms with Crippen LogP contribution in [0, 0.1) is 0 Å². The summed E-state index contributed by atoms with van der Waals surface area (Å²) in [4.78, 5) is 0. The van der Waals surface area contributed by atoms with Crippen LogP contribution in [-0.2, 0) is 11.3 Å². The second kappa shape index (κ2) is 6.76. The molecule has 0 saturated carbocycles. The first-order valence-electron chi connectivity index (χ1n) is 4.00. The molecular weight excluding hydrogens is 162 g/mol. The molecule has 0 amide bonds. The van der Waals surface area contributed by atoms with Crippen molar-refractivity contribution in [3.8, 4) is 0 Å². The zero-order valence-corrected chi connectivity index (χ0v) is 8.06. The van der Waals surface area contributed by atoms with Gasteiger partial charge >= 0.3 is 0 Å². The van der Waals surface area contributed by atoms with Crippen LogP contribution < -0.4 is 0 Å². The second-order valence-electron chi connectivity index (χ2n) is 2.64. The predicted molar refractivity (Wildman–Crippen MR) is 47.5 cm³/mol. The highest BCUT2D eigenvalue weighted by molar-refractivity contribution is 7.76.